The number of aryl methyl sites for hydroxylation is 1. The molecule has 0 saturated heterocycles. The Morgan fingerprint density at radius 1 is 1.23 bits per heavy atom. The average molecular weight is 422 g/mol. The molecule has 0 bridgehead atoms. The molecule has 5 nitrogen and oxygen atoms in total. The largest absolute Gasteiger partial charge is 0.394 e. The number of nitrogens with one attached hydrogen (secondary N) is 1. The molecule has 30 heavy (non-hydrogen) atoms. The fourth-order valence-electron chi connectivity index (χ4n) is 3.23. The number of halogens is 3. The summed E-state index contributed by atoms with van der Waals surface area (Å²) < 4.78 is 40.9. The lowest BCUT2D eigenvalue weighted by atomic mass is 10.0. The van der Waals surface area contributed by atoms with Gasteiger partial charge in [0.1, 0.15) is 12.0 Å². The van der Waals surface area contributed by atoms with Crippen molar-refractivity contribution in [1.29, 1.82) is 0 Å². The Labute approximate surface area is 173 Å². The SMILES string of the molecule is Cc1ccc2c(c1NC(O)Cc1ccc(F)c(C(C)(F)F)c1)C=CN([C@H](C)CO)O2. The highest BCUT2D eigenvalue weighted by atomic mass is 19.3. The highest BCUT2D eigenvalue weighted by Crippen LogP contribution is 2.35. The number of nitrogens with zero attached hydrogens (tertiary/aromatic N) is 1. The van der Waals surface area contributed by atoms with Crippen molar-refractivity contribution in [3.8, 4) is 5.75 Å². The third kappa shape index (κ3) is 4.71. The lowest BCUT2D eigenvalue weighted by molar-refractivity contribution is -0.0585. The molecule has 3 N–H and O–H groups in total. The molecule has 0 aliphatic carbocycles. The molecular weight excluding hydrogens is 397 g/mol. The first-order valence-corrected chi connectivity index (χ1v) is 9.60. The van der Waals surface area contributed by atoms with E-state index in [1.165, 1.54) is 11.1 Å². The predicted octanol–water partition coefficient (Wildman–Crippen LogP) is 4.18. The number of aliphatic hydroxyl groups excluding tert-OH is 2. The molecule has 2 atom stereocenters. The Morgan fingerprint density at radius 3 is 2.63 bits per heavy atom. The van der Waals surface area contributed by atoms with Crippen LogP contribution in [0.4, 0.5) is 18.9 Å². The molecule has 162 valence electrons. The molecule has 3 rings (SSSR count). The first-order valence-electron chi connectivity index (χ1n) is 9.60. The molecule has 0 aromatic heterocycles. The van der Waals surface area contributed by atoms with Gasteiger partial charge in [0.25, 0.3) is 5.92 Å². The van der Waals surface area contributed by atoms with Gasteiger partial charge in [-0.15, -0.1) is 0 Å². The van der Waals surface area contributed by atoms with Crippen LogP contribution in [0, 0.1) is 12.7 Å². The van der Waals surface area contributed by atoms with Gasteiger partial charge in [-0.3, -0.25) is 0 Å². The zero-order chi connectivity index (χ0) is 22.1. The minimum absolute atomic E-state index is 0.00467. The number of alkyl halides is 2. The fourth-order valence-corrected chi connectivity index (χ4v) is 3.23. The first-order chi connectivity index (χ1) is 14.1. The lowest BCUT2D eigenvalue weighted by Gasteiger charge is -2.31. The summed E-state index contributed by atoms with van der Waals surface area (Å²) in [7, 11) is 0. The second kappa shape index (κ2) is 8.57. The van der Waals surface area contributed by atoms with Gasteiger partial charge < -0.3 is 20.4 Å². The van der Waals surface area contributed by atoms with Crippen molar-refractivity contribution < 1.29 is 28.2 Å². The van der Waals surface area contributed by atoms with Crippen LogP contribution in [-0.4, -0.2) is 34.2 Å². The van der Waals surface area contributed by atoms with Crippen molar-refractivity contribution in [1.82, 2.24) is 5.06 Å². The Bertz CT molecular complexity index is 944. The van der Waals surface area contributed by atoms with Crippen LogP contribution in [0.5, 0.6) is 5.75 Å². The topological polar surface area (TPSA) is 65.0 Å². The van der Waals surface area contributed by atoms with Crippen LogP contribution in [0.3, 0.4) is 0 Å². The van der Waals surface area contributed by atoms with Crippen LogP contribution in [0.25, 0.3) is 6.08 Å². The van der Waals surface area contributed by atoms with E-state index in [1.807, 2.05) is 19.9 Å². The molecule has 2 aromatic rings. The van der Waals surface area contributed by atoms with Crippen LogP contribution < -0.4 is 10.2 Å². The standard InChI is InChI=1S/C22H25F3N2O3/c1-13-4-7-19-16(8-9-27(30-19)14(2)12-28)21(13)26-20(29)11-15-5-6-18(23)17(10-15)22(3,24)25/h4-10,14,20,26,28-29H,11-12H2,1-3H3/t14-,20?/m1/s1. The summed E-state index contributed by atoms with van der Waals surface area (Å²) in [5.74, 6) is -3.74. The minimum Gasteiger partial charge on any atom is -0.394 e. The number of rotatable bonds is 7. The number of anilines is 1. The minimum atomic E-state index is -3.31. The van der Waals surface area contributed by atoms with Gasteiger partial charge in [-0.2, -0.15) is 0 Å². The highest BCUT2D eigenvalue weighted by molar-refractivity contribution is 5.75. The number of hydrogen-bond donors (Lipinski definition) is 3. The zero-order valence-electron chi connectivity index (χ0n) is 17.0. The Kier molecular flexibility index (Phi) is 6.28. The van der Waals surface area contributed by atoms with Gasteiger partial charge in [0, 0.05) is 25.1 Å². The summed E-state index contributed by atoms with van der Waals surface area (Å²) in [6, 6.07) is 6.81. The third-order valence-corrected chi connectivity index (χ3v) is 4.95. The normalized spacial score (nSPS) is 15.4. The molecule has 1 unspecified atom stereocenters. The quantitative estimate of drug-likeness (QED) is 0.585. The summed E-state index contributed by atoms with van der Waals surface area (Å²) in [5.41, 5.74) is 1.88. The van der Waals surface area contributed by atoms with Crippen molar-refractivity contribution >= 4 is 11.8 Å². The van der Waals surface area contributed by atoms with Crippen molar-refractivity contribution in [2.45, 2.75) is 45.4 Å². The fraction of sp³-hybridized carbons (Fsp3) is 0.364. The highest BCUT2D eigenvalue weighted by Gasteiger charge is 2.28. The summed E-state index contributed by atoms with van der Waals surface area (Å²) >= 11 is 0. The van der Waals surface area contributed by atoms with Crippen LogP contribution in [0.15, 0.2) is 36.5 Å². The molecule has 0 saturated carbocycles. The molecule has 0 spiro atoms. The van der Waals surface area contributed by atoms with Crippen LogP contribution in [0.2, 0.25) is 0 Å². The van der Waals surface area contributed by atoms with E-state index >= 15 is 0 Å². The molecule has 1 heterocycles. The average Bonchev–Trinajstić information content (AvgIpc) is 2.69. The van der Waals surface area contributed by atoms with Crippen molar-refractivity contribution in [3.05, 3.63) is 64.6 Å². The van der Waals surface area contributed by atoms with Gasteiger partial charge in [0.15, 0.2) is 5.75 Å². The summed E-state index contributed by atoms with van der Waals surface area (Å²) in [5, 5.41) is 24.4. The third-order valence-electron chi connectivity index (χ3n) is 4.95. The maximum Gasteiger partial charge on any atom is 0.273 e. The molecular formula is C22H25F3N2O3. The first kappa shape index (κ1) is 22.0. The summed E-state index contributed by atoms with van der Waals surface area (Å²) in [4.78, 5) is 5.79. The van der Waals surface area contributed by atoms with Gasteiger partial charge in [0.05, 0.1) is 23.9 Å². The Balaban J connectivity index is 1.80. The Morgan fingerprint density at radius 2 is 1.97 bits per heavy atom. The second-order valence-electron chi connectivity index (χ2n) is 7.53. The van der Waals surface area contributed by atoms with Gasteiger partial charge in [-0.1, -0.05) is 12.1 Å². The lowest BCUT2D eigenvalue weighted by Crippen LogP contribution is -2.35. The molecule has 0 radical (unpaired) electrons. The van der Waals surface area contributed by atoms with Gasteiger partial charge in [0.2, 0.25) is 0 Å². The van der Waals surface area contributed by atoms with E-state index in [4.69, 9.17) is 4.84 Å². The number of aliphatic hydroxyl groups is 2. The van der Waals surface area contributed by atoms with Crippen LogP contribution in [0.1, 0.15) is 36.1 Å². The summed E-state index contributed by atoms with van der Waals surface area (Å²) in [6.45, 7) is 4.23. The number of hydrogen-bond acceptors (Lipinski definition) is 5. The van der Waals surface area contributed by atoms with Crippen molar-refractivity contribution in [2.24, 2.45) is 0 Å². The maximum absolute atomic E-state index is 13.7. The predicted molar refractivity (Wildman–Crippen MR) is 109 cm³/mol. The second-order valence-corrected chi connectivity index (χ2v) is 7.53. The Hall–Kier alpha value is -2.71. The monoisotopic (exact) mass is 422 g/mol. The smallest absolute Gasteiger partial charge is 0.273 e. The van der Waals surface area contributed by atoms with Crippen LogP contribution >= 0.6 is 0 Å². The number of fused-ring (bicyclic) bond motifs is 1. The van der Waals surface area contributed by atoms with E-state index in [1.54, 1.807) is 18.3 Å². The molecule has 8 heteroatoms. The van der Waals surface area contributed by atoms with E-state index in [9.17, 15) is 23.4 Å². The van der Waals surface area contributed by atoms with Gasteiger partial charge >= 0.3 is 0 Å². The summed E-state index contributed by atoms with van der Waals surface area (Å²) in [6.07, 6.45) is 2.41. The van der Waals surface area contributed by atoms with E-state index in [0.29, 0.717) is 23.9 Å². The molecule has 2 aromatic carbocycles. The molecule has 1 aliphatic heterocycles. The number of benzene rings is 2. The van der Waals surface area contributed by atoms with Gasteiger partial charge in [-0.05, 0) is 49.2 Å². The zero-order valence-corrected chi connectivity index (χ0v) is 17.0. The van der Waals surface area contributed by atoms with Crippen molar-refractivity contribution in [3.63, 3.8) is 0 Å². The molecule has 0 amide bonds. The van der Waals surface area contributed by atoms with Crippen LogP contribution in [-0.2, 0) is 12.3 Å². The number of hydroxylamine groups is 2. The van der Waals surface area contributed by atoms with E-state index < -0.39 is 23.5 Å². The van der Waals surface area contributed by atoms with E-state index in [0.717, 1.165) is 23.3 Å². The molecule has 1 aliphatic rings. The van der Waals surface area contributed by atoms with E-state index in [2.05, 4.69) is 5.32 Å². The maximum atomic E-state index is 13.7. The molecule has 0 fully saturated rings. The van der Waals surface area contributed by atoms with E-state index in [-0.39, 0.29) is 19.1 Å². The van der Waals surface area contributed by atoms with Gasteiger partial charge in [-0.25, -0.2) is 18.2 Å². The van der Waals surface area contributed by atoms with Crippen molar-refractivity contribution in [2.75, 3.05) is 11.9 Å².